The quantitative estimate of drug-likeness (QED) is 0.130. The van der Waals surface area contributed by atoms with Gasteiger partial charge >= 0.3 is 12.2 Å². The van der Waals surface area contributed by atoms with E-state index in [1.807, 2.05) is 0 Å². The molecule has 2 aromatic rings. The molecule has 2 atom stereocenters. The van der Waals surface area contributed by atoms with Crippen LogP contribution in [0.15, 0.2) is 48.5 Å². The summed E-state index contributed by atoms with van der Waals surface area (Å²) in [6.45, 7) is 7.51. The maximum Gasteiger partial charge on any atom is 0.413 e. The molecule has 2 rings (SSSR count). The molecular formula is C28H36N6O10. The van der Waals surface area contributed by atoms with Gasteiger partial charge in [0.1, 0.15) is 23.6 Å². The van der Waals surface area contributed by atoms with Gasteiger partial charge in [0.05, 0.1) is 9.85 Å². The highest BCUT2D eigenvalue weighted by molar-refractivity contribution is 5.87. The van der Waals surface area contributed by atoms with Crippen LogP contribution in [0.1, 0.15) is 40.5 Å². The molecule has 0 heterocycles. The van der Waals surface area contributed by atoms with Gasteiger partial charge in [-0.3, -0.25) is 29.8 Å². The number of rotatable bonds is 15. The van der Waals surface area contributed by atoms with Crippen molar-refractivity contribution < 1.29 is 38.5 Å². The second-order valence-electron chi connectivity index (χ2n) is 10.3. The Kier molecular flexibility index (Phi) is 13.5. The summed E-state index contributed by atoms with van der Waals surface area (Å²) in [5.74, 6) is -1.25. The lowest BCUT2D eigenvalue weighted by Crippen LogP contribution is -2.51. The third-order valence-corrected chi connectivity index (χ3v) is 6.16. The second-order valence-corrected chi connectivity index (χ2v) is 10.3. The van der Waals surface area contributed by atoms with Gasteiger partial charge in [-0.25, -0.2) is 9.59 Å². The van der Waals surface area contributed by atoms with E-state index in [0.717, 1.165) is 0 Å². The number of hydrogen-bond donors (Lipinski definition) is 4. The summed E-state index contributed by atoms with van der Waals surface area (Å²) in [5, 5.41) is 32.0. The van der Waals surface area contributed by atoms with E-state index in [9.17, 15) is 39.4 Å². The zero-order valence-corrected chi connectivity index (χ0v) is 24.7. The molecule has 4 N–H and O–H groups in total. The molecule has 0 aliphatic carbocycles. The standard InChI is InChI=1S/C28H36N6O10/c1-17(2)23(31-27(37)43-21-11-7-19(8-12-21)33(39)40)25(35)29-15-5-6-16-30-26(36)24(18(3)4)32-28(38)44-22-13-9-20(10-14-22)34(41)42/h7-14,17-18,23-24H,5-6,15-16H2,1-4H3,(H,29,35)(H,30,36)(H,31,37)(H,32,38)/t23-,24-/m0/s1. The molecule has 0 aromatic heterocycles. The molecule has 0 bridgehead atoms. The van der Waals surface area contributed by atoms with Crippen molar-refractivity contribution in [3.05, 3.63) is 68.8 Å². The van der Waals surface area contributed by atoms with Gasteiger partial charge < -0.3 is 30.7 Å². The summed E-state index contributed by atoms with van der Waals surface area (Å²) in [6, 6.07) is 8.05. The minimum absolute atomic E-state index is 0.0781. The number of nitro benzene ring substituents is 2. The van der Waals surface area contributed by atoms with Gasteiger partial charge in [-0.2, -0.15) is 0 Å². The third-order valence-electron chi connectivity index (χ3n) is 6.16. The first-order valence-corrected chi connectivity index (χ1v) is 13.8. The molecule has 0 aliphatic rings. The van der Waals surface area contributed by atoms with E-state index in [-0.39, 0.29) is 47.8 Å². The summed E-state index contributed by atoms with van der Waals surface area (Å²) in [7, 11) is 0. The number of nitrogens with zero attached hydrogens (tertiary/aromatic N) is 2. The van der Waals surface area contributed by atoms with Crippen LogP contribution in [0.3, 0.4) is 0 Å². The Labute approximate surface area is 253 Å². The first-order chi connectivity index (χ1) is 20.8. The summed E-state index contributed by atoms with van der Waals surface area (Å²) in [4.78, 5) is 70.2. The van der Waals surface area contributed by atoms with Crippen molar-refractivity contribution in [1.82, 2.24) is 21.3 Å². The number of nitro groups is 2. The summed E-state index contributed by atoms with van der Waals surface area (Å²) in [5.41, 5.74) is -0.315. The van der Waals surface area contributed by atoms with Crippen LogP contribution < -0.4 is 30.7 Å². The molecule has 0 saturated carbocycles. The van der Waals surface area contributed by atoms with Gasteiger partial charge in [0.2, 0.25) is 11.8 Å². The minimum Gasteiger partial charge on any atom is -0.410 e. The van der Waals surface area contributed by atoms with Crippen LogP contribution >= 0.6 is 0 Å². The van der Waals surface area contributed by atoms with Crippen LogP contribution in [-0.2, 0) is 9.59 Å². The number of carbonyl (C=O) groups excluding carboxylic acids is 4. The summed E-state index contributed by atoms with van der Waals surface area (Å²) < 4.78 is 10.2. The van der Waals surface area contributed by atoms with Gasteiger partial charge in [0, 0.05) is 37.4 Å². The Morgan fingerprint density at radius 1 is 0.636 bits per heavy atom. The monoisotopic (exact) mass is 616 g/mol. The molecule has 0 spiro atoms. The predicted molar refractivity (Wildman–Crippen MR) is 157 cm³/mol. The Morgan fingerprint density at radius 2 is 0.955 bits per heavy atom. The van der Waals surface area contributed by atoms with Gasteiger partial charge in [-0.15, -0.1) is 0 Å². The summed E-state index contributed by atoms with van der Waals surface area (Å²) in [6.07, 6.45) is -0.765. The number of unbranched alkanes of at least 4 members (excludes halogenated alkanes) is 1. The van der Waals surface area contributed by atoms with Crippen LogP contribution in [0.5, 0.6) is 11.5 Å². The predicted octanol–water partition coefficient (Wildman–Crippen LogP) is 3.44. The highest BCUT2D eigenvalue weighted by Crippen LogP contribution is 2.18. The van der Waals surface area contributed by atoms with E-state index in [2.05, 4.69) is 21.3 Å². The molecule has 238 valence electrons. The highest BCUT2D eigenvalue weighted by atomic mass is 16.6. The molecule has 0 aliphatic heterocycles. The number of hydrogen-bond acceptors (Lipinski definition) is 10. The first kappa shape index (κ1) is 34.9. The zero-order chi connectivity index (χ0) is 32.8. The minimum atomic E-state index is -0.899. The first-order valence-electron chi connectivity index (χ1n) is 13.8. The van der Waals surface area contributed by atoms with Crippen molar-refractivity contribution in [3.63, 3.8) is 0 Å². The highest BCUT2D eigenvalue weighted by Gasteiger charge is 2.26. The van der Waals surface area contributed by atoms with E-state index in [1.165, 1.54) is 48.5 Å². The molecule has 0 radical (unpaired) electrons. The molecule has 0 fully saturated rings. The number of benzene rings is 2. The van der Waals surface area contributed by atoms with Gasteiger partial charge in [-0.05, 0) is 48.9 Å². The van der Waals surface area contributed by atoms with Crippen molar-refractivity contribution in [2.24, 2.45) is 11.8 Å². The van der Waals surface area contributed by atoms with Gasteiger partial charge in [0.25, 0.3) is 11.4 Å². The molecule has 4 amide bonds. The van der Waals surface area contributed by atoms with Crippen LogP contribution in [0, 0.1) is 32.1 Å². The third kappa shape index (κ3) is 11.5. The van der Waals surface area contributed by atoms with Crippen LogP contribution in [0.4, 0.5) is 21.0 Å². The van der Waals surface area contributed by atoms with E-state index < -0.39 is 45.9 Å². The number of carbonyl (C=O) groups is 4. The topological polar surface area (TPSA) is 221 Å². The van der Waals surface area contributed by atoms with E-state index >= 15 is 0 Å². The fourth-order valence-electron chi connectivity index (χ4n) is 3.76. The average molecular weight is 617 g/mol. The Morgan fingerprint density at radius 3 is 1.23 bits per heavy atom. The van der Waals surface area contributed by atoms with Crippen LogP contribution in [0.2, 0.25) is 0 Å². The smallest absolute Gasteiger partial charge is 0.410 e. The molecule has 0 unspecified atom stereocenters. The fraction of sp³-hybridized carbons (Fsp3) is 0.429. The van der Waals surface area contributed by atoms with Crippen molar-refractivity contribution in [2.75, 3.05) is 13.1 Å². The molecule has 16 heteroatoms. The molecule has 44 heavy (non-hydrogen) atoms. The van der Waals surface area contributed by atoms with Gasteiger partial charge in [0.15, 0.2) is 0 Å². The summed E-state index contributed by atoms with van der Waals surface area (Å²) >= 11 is 0. The van der Waals surface area contributed by atoms with E-state index in [0.29, 0.717) is 12.8 Å². The normalized spacial score (nSPS) is 12.0. The fourth-order valence-corrected chi connectivity index (χ4v) is 3.76. The number of non-ortho nitro benzene ring substituents is 2. The van der Waals surface area contributed by atoms with Crippen LogP contribution in [-0.4, -0.2) is 59.0 Å². The largest absolute Gasteiger partial charge is 0.413 e. The SMILES string of the molecule is CC(C)[C@H](NC(=O)Oc1ccc([N+](=O)[O-])cc1)C(=O)NCCCCNC(=O)[C@@H](NC(=O)Oc1ccc([N+](=O)[O-])cc1)C(C)C. The lowest BCUT2D eigenvalue weighted by atomic mass is 10.0. The van der Waals surface area contributed by atoms with Crippen LogP contribution in [0.25, 0.3) is 0 Å². The Hall–Kier alpha value is -5.28. The van der Waals surface area contributed by atoms with Gasteiger partial charge in [-0.1, -0.05) is 27.7 Å². The molecule has 16 nitrogen and oxygen atoms in total. The lowest BCUT2D eigenvalue weighted by molar-refractivity contribution is -0.385. The number of ether oxygens (including phenoxy) is 2. The van der Waals surface area contributed by atoms with Crippen molar-refractivity contribution >= 4 is 35.4 Å². The maximum absolute atomic E-state index is 12.7. The number of amides is 4. The second kappa shape index (κ2) is 17.0. The molecule has 2 aromatic carbocycles. The number of nitrogens with one attached hydrogen (secondary N) is 4. The maximum atomic E-state index is 12.7. The van der Waals surface area contributed by atoms with E-state index in [1.54, 1.807) is 27.7 Å². The van der Waals surface area contributed by atoms with Crippen molar-refractivity contribution in [1.29, 1.82) is 0 Å². The zero-order valence-electron chi connectivity index (χ0n) is 24.7. The van der Waals surface area contributed by atoms with Crippen molar-refractivity contribution in [2.45, 2.75) is 52.6 Å². The van der Waals surface area contributed by atoms with Crippen molar-refractivity contribution in [3.8, 4) is 11.5 Å². The average Bonchev–Trinajstić information content (AvgIpc) is 2.96. The Balaban J connectivity index is 1.73. The molecule has 0 saturated heterocycles. The van der Waals surface area contributed by atoms with E-state index in [4.69, 9.17) is 9.47 Å². The molecular weight excluding hydrogens is 580 g/mol. The lowest BCUT2D eigenvalue weighted by Gasteiger charge is -2.22. The Bertz CT molecular complexity index is 1210.